The normalized spacial score (nSPS) is 11.1. The molecule has 0 N–H and O–H groups in total. The number of aryl methyl sites for hydroxylation is 2. The zero-order valence-corrected chi connectivity index (χ0v) is 16.8. The second kappa shape index (κ2) is 9.07. The molecule has 0 fully saturated rings. The van der Waals surface area contributed by atoms with Gasteiger partial charge in [0.15, 0.2) is 0 Å². The van der Waals surface area contributed by atoms with Crippen molar-refractivity contribution in [3.63, 3.8) is 0 Å². The molecule has 0 aliphatic heterocycles. The first kappa shape index (κ1) is 19.5. The third kappa shape index (κ3) is 5.34. The number of rotatable bonds is 8. The van der Waals surface area contributed by atoms with Crippen LogP contribution in [0.3, 0.4) is 0 Å². The average Bonchev–Trinajstić information content (AvgIpc) is 3.02. The van der Waals surface area contributed by atoms with Crippen LogP contribution in [0.5, 0.6) is 5.75 Å². The maximum absolute atomic E-state index is 6.07. The quantitative estimate of drug-likeness (QED) is 0.522. The molecule has 1 aromatic heterocycles. The molecule has 0 amide bonds. The lowest BCUT2D eigenvalue weighted by atomic mass is 10.1. The summed E-state index contributed by atoms with van der Waals surface area (Å²) >= 11 is 5.95. The minimum atomic E-state index is 0.383. The minimum absolute atomic E-state index is 0.383. The van der Waals surface area contributed by atoms with Gasteiger partial charge in [-0.1, -0.05) is 29.8 Å². The van der Waals surface area contributed by atoms with E-state index in [1.165, 1.54) is 5.56 Å². The van der Waals surface area contributed by atoms with E-state index in [9.17, 15) is 0 Å². The lowest BCUT2D eigenvalue weighted by Crippen LogP contribution is -2.13. The van der Waals surface area contributed by atoms with Gasteiger partial charge in [-0.25, -0.2) is 4.98 Å². The molecule has 3 aromatic rings. The number of hydrogen-bond donors (Lipinski definition) is 0. The highest BCUT2D eigenvalue weighted by molar-refractivity contribution is 6.30. The SMILES string of the molecule is Cc1oc(-c2ccc(Cl)cc2)nc1COc1ccccc1CCCN(C)C. The van der Waals surface area contributed by atoms with Crippen molar-refractivity contribution >= 4 is 11.6 Å². The van der Waals surface area contributed by atoms with Crippen molar-refractivity contribution in [3.8, 4) is 17.2 Å². The van der Waals surface area contributed by atoms with Crippen LogP contribution in [0.4, 0.5) is 0 Å². The van der Waals surface area contributed by atoms with Gasteiger partial charge in [-0.3, -0.25) is 0 Å². The van der Waals surface area contributed by atoms with Crippen LogP contribution in [0.15, 0.2) is 52.9 Å². The fraction of sp³-hybridized carbons (Fsp3) is 0.318. The lowest BCUT2D eigenvalue weighted by Gasteiger charge is -2.12. The zero-order valence-electron chi connectivity index (χ0n) is 16.0. The molecule has 0 spiro atoms. The number of benzene rings is 2. The van der Waals surface area contributed by atoms with Crippen LogP contribution >= 0.6 is 11.6 Å². The van der Waals surface area contributed by atoms with Gasteiger partial charge in [-0.05, 0) is 76.3 Å². The summed E-state index contributed by atoms with van der Waals surface area (Å²) in [7, 11) is 4.18. The van der Waals surface area contributed by atoms with Crippen molar-refractivity contribution in [1.29, 1.82) is 0 Å². The molecule has 1 heterocycles. The molecule has 0 bridgehead atoms. The van der Waals surface area contributed by atoms with Gasteiger partial charge in [-0.15, -0.1) is 0 Å². The Balaban J connectivity index is 1.68. The maximum atomic E-state index is 6.07. The van der Waals surface area contributed by atoms with Crippen LogP contribution in [0.1, 0.15) is 23.4 Å². The van der Waals surface area contributed by atoms with Crippen LogP contribution in [0.2, 0.25) is 5.02 Å². The smallest absolute Gasteiger partial charge is 0.226 e. The van der Waals surface area contributed by atoms with Crippen molar-refractivity contribution in [2.75, 3.05) is 20.6 Å². The van der Waals surface area contributed by atoms with Crippen molar-refractivity contribution in [3.05, 3.63) is 70.6 Å². The van der Waals surface area contributed by atoms with Gasteiger partial charge in [0, 0.05) is 10.6 Å². The molecule has 4 nitrogen and oxygen atoms in total. The number of ether oxygens (including phenoxy) is 1. The number of halogens is 1. The molecule has 0 aliphatic rings. The molecule has 0 unspecified atom stereocenters. The molecule has 0 aliphatic carbocycles. The van der Waals surface area contributed by atoms with Gasteiger partial charge in [0.1, 0.15) is 23.8 Å². The van der Waals surface area contributed by atoms with E-state index in [1.807, 2.05) is 43.3 Å². The van der Waals surface area contributed by atoms with Crippen molar-refractivity contribution in [2.24, 2.45) is 0 Å². The van der Waals surface area contributed by atoms with E-state index in [1.54, 1.807) is 0 Å². The zero-order chi connectivity index (χ0) is 19.2. The van der Waals surface area contributed by atoms with Crippen molar-refractivity contribution < 1.29 is 9.15 Å². The predicted molar refractivity (Wildman–Crippen MR) is 109 cm³/mol. The van der Waals surface area contributed by atoms with E-state index in [-0.39, 0.29) is 0 Å². The highest BCUT2D eigenvalue weighted by atomic mass is 35.5. The first-order valence-electron chi connectivity index (χ1n) is 9.10. The largest absolute Gasteiger partial charge is 0.487 e. The van der Waals surface area contributed by atoms with Crippen molar-refractivity contribution in [1.82, 2.24) is 9.88 Å². The maximum Gasteiger partial charge on any atom is 0.226 e. The van der Waals surface area contributed by atoms with E-state index in [0.717, 1.165) is 42.2 Å². The van der Waals surface area contributed by atoms with E-state index >= 15 is 0 Å². The average molecular weight is 385 g/mol. The standard InChI is InChI=1S/C22H25ClN2O2/c1-16-20(24-22(27-16)18-10-12-19(23)13-11-18)15-26-21-9-5-4-7-17(21)8-6-14-25(2)3/h4-5,7,9-13H,6,8,14-15H2,1-3H3. The number of hydrogen-bond acceptors (Lipinski definition) is 4. The molecule has 27 heavy (non-hydrogen) atoms. The molecule has 0 saturated heterocycles. The third-order valence-corrected chi connectivity index (χ3v) is 4.62. The Labute approximate surface area is 165 Å². The number of para-hydroxylation sites is 1. The summed E-state index contributed by atoms with van der Waals surface area (Å²) in [6.45, 7) is 3.35. The number of aromatic nitrogens is 1. The van der Waals surface area contributed by atoms with Crippen LogP contribution in [-0.2, 0) is 13.0 Å². The summed E-state index contributed by atoms with van der Waals surface area (Å²) in [5.41, 5.74) is 2.93. The fourth-order valence-corrected chi connectivity index (χ4v) is 2.99. The van der Waals surface area contributed by atoms with Crippen LogP contribution < -0.4 is 4.74 Å². The van der Waals surface area contributed by atoms with E-state index in [2.05, 4.69) is 36.1 Å². The Bertz CT molecular complexity index is 872. The summed E-state index contributed by atoms with van der Waals surface area (Å²) < 4.78 is 11.9. The van der Waals surface area contributed by atoms with Gasteiger partial charge in [-0.2, -0.15) is 0 Å². The Kier molecular flexibility index (Phi) is 6.54. The monoisotopic (exact) mass is 384 g/mol. The second-order valence-electron chi connectivity index (χ2n) is 6.83. The highest BCUT2D eigenvalue weighted by Crippen LogP contribution is 2.25. The fourth-order valence-electron chi connectivity index (χ4n) is 2.86. The summed E-state index contributed by atoms with van der Waals surface area (Å²) in [5, 5.41) is 0.691. The van der Waals surface area contributed by atoms with Gasteiger partial charge in [0.2, 0.25) is 5.89 Å². The molecule has 142 valence electrons. The van der Waals surface area contributed by atoms with Crippen LogP contribution in [-0.4, -0.2) is 30.5 Å². The summed E-state index contributed by atoms with van der Waals surface area (Å²) in [4.78, 5) is 6.79. The van der Waals surface area contributed by atoms with E-state index in [0.29, 0.717) is 17.5 Å². The predicted octanol–water partition coefficient (Wildman–Crippen LogP) is 5.38. The van der Waals surface area contributed by atoms with Gasteiger partial charge in [0.05, 0.1) is 0 Å². The second-order valence-corrected chi connectivity index (χ2v) is 7.27. The number of nitrogens with zero attached hydrogens (tertiary/aromatic N) is 2. The Morgan fingerprint density at radius 3 is 2.56 bits per heavy atom. The Morgan fingerprint density at radius 2 is 1.81 bits per heavy atom. The summed E-state index contributed by atoms with van der Waals surface area (Å²) in [6, 6.07) is 15.7. The first-order chi connectivity index (χ1) is 13.0. The third-order valence-electron chi connectivity index (χ3n) is 4.37. The molecular weight excluding hydrogens is 360 g/mol. The topological polar surface area (TPSA) is 38.5 Å². The molecule has 0 radical (unpaired) electrons. The molecule has 2 aromatic carbocycles. The van der Waals surface area contributed by atoms with Gasteiger partial charge >= 0.3 is 0 Å². The Morgan fingerprint density at radius 1 is 1.07 bits per heavy atom. The van der Waals surface area contributed by atoms with Crippen LogP contribution in [0, 0.1) is 6.92 Å². The minimum Gasteiger partial charge on any atom is -0.487 e. The molecule has 5 heteroatoms. The molecule has 0 saturated carbocycles. The molecule has 0 atom stereocenters. The van der Waals surface area contributed by atoms with E-state index in [4.69, 9.17) is 20.8 Å². The Hall–Kier alpha value is -2.30. The highest BCUT2D eigenvalue weighted by Gasteiger charge is 2.13. The summed E-state index contributed by atoms with van der Waals surface area (Å²) in [6.07, 6.45) is 2.08. The molecular formula is C22H25ClN2O2. The van der Waals surface area contributed by atoms with Gasteiger partial charge < -0.3 is 14.1 Å². The van der Waals surface area contributed by atoms with E-state index < -0.39 is 0 Å². The number of oxazole rings is 1. The van der Waals surface area contributed by atoms with Crippen LogP contribution in [0.25, 0.3) is 11.5 Å². The lowest BCUT2D eigenvalue weighted by molar-refractivity contribution is 0.295. The van der Waals surface area contributed by atoms with Crippen molar-refractivity contribution in [2.45, 2.75) is 26.4 Å². The first-order valence-corrected chi connectivity index (χ1v) is 9.48. The van der Waals surface area contributed by atoms with Gasteiger partial charge in [0.25, 0.3) is 0 Å². The molecule has 3 rings (SSSR count). The summed E-state index contributed by atoms with van der Waals surface area (Å²) in [5.74, 6) is 2.26.